The Labute approximate surface area is 230 Å². The van der Waals surface area contributed by atoms with E-state index in [2.05, 4.69) is 71.3 Å². The summed E-state index contributed by atoms with van der Waals surface area (Å²) in [5.74, 6) is 1.22. The monoisotopic (exact) mass is 514 g/mol. The van der Waals surface area contributed by atoms with Crippen LogP contribution in [0.2, 0.25) is 0 Å². The second kappa shape index (κ2) is 9.03. The third-order valence-electron chi connectivity index (χ3n) is 7.24. The van der Waals surface area contributed by atoms with Gasteiger partial charge in [-0.05, 0) is 42.5 Å². The lowest BCUT2D eigenvalue weighted by Crippen LogP contribution is -1.99. The summed E-state index contributed by atoms with van der Waals surface area (Å²) in [4.78, 5) is 15.1. The smallest absolute Gasteiger partial charge is 0.227 e. The van der Waals surface area contributed by atoms with Gasteiger partial charge in [-0.2, -0.15) is 0 Å². The second-order valence-electron chi connectivity index (χ2n) is 9.72. The molecule has 5 nitrogen and oxygen atoms in total. The molecule has 5 heteroatoms. The Morgan fingerprint density at radius 1 is 0.550 bits per heavy atom. The van der Waals surface area contributed by atoms with Crippen LogP contribution >= 0.6 is 0 Å². The molecule has 8 rings (SSSR count). The zero-order valence-corrected chi connectivity index (χ0v) is 21.4. The van der Waals surface area contributed by atoms with E-state index < -0.39 is 0 Å². The number of hydrogen-bond acceptors (Lipinski definition) is 4. The number of rotatable bonds is 4. The Morgan fingerprint density at radius 3 is 2.10 bits per heavy atom. The van der Waals surface area contributed by atoms with E-state index in [0.717, 1.165) is 61.1 Å². The average molecular weight is 515 g/mol. The van der Waals surface area contributed by atoms with Crippen molar-refractivity contribution in [1.29, 1.82) is 0 Å². The molecule has 8 aromatic rings. The van der Waals surface area contributed by atoms with Crippen LogP contribution < -0.4 is 0 Å². The van der Waals surface area contributed by atoms with Crippen molar-refractivity contribution in [2.24, 2.45) is 0 Å². The molecule has 0 saturated carbocycles. The summed E-state index contributed by atoms with van der Waals surface area (Å²) in [5.41, 5.74) is 8.32. The summed E-state index contributed by atoms with van der Waals surface area (Å²) in [6.07, 6.45) is 0. The standard InChI is InChI=1S/C35H22N4O/c1-3-12-23(13-4-1)32-31-27-18-7-9-20-29(27)39(26-16-5-2-6-17-26)34(31)38-33(37-32)24-14-11-15-25(22-24)35-36-28-19-8-10-21-30(28)40-35/h1-22H. The SMILES string of the molecule is c1ccc(-c2nc(-c3cccc(-c4nc5ccccc5o4)c3)nc3c2c2ccccc2n3-c2ccccc2)cc1. The zero-order valence-electron chi connectivity index (χ0n) is 21.4. The number of fused-ring (bicyclic) bond motifs is 4. The molecule has 0 saturated heterocycles. The average Bonchev–Trinajstić information content (AvgIpc) is 3.61. The first-order chi connectivity index (χ1) is 19.8. The summed E-state index contributed by atoms with van der Waals surface area (Å²) < 4.78 is 8.30. The van der Waals surface area contributed by atoms with Gasteiger partial charge in [0.15, 0.2) is 11.4 Å². The first-order valence-corrected chi connectivity index (χ1v) is 13.2. The molecular formula is C35H22N4O. The van der Waals surface area contributed by atoms with Crippen molar-refractivity contribution < 1.29 is 4.42 Å². The van der Waals surface area contributed by atoms with Gasteiger partial charge in [-0.3, -0.25) is 4.57 Å². The Bertz CT molecular complexity index is 2130. The fourth-order valence-corrected chi connectivity index (χ4v) is 5.41. The highest BCUT2D eigenvalue weighted by Gasteiger charge is 2.21. The van der Waals surface area contributed by atoms with Gasteiger partial charge in [0.25, 0.3) is 0 Å². The highest BCUT2D eigenvalue weighted by molar-refractivity contribution is 6.14. The highest BCUT2D eigenvalue weighted by Crippen LogP contribution is 2.38. The van der Waals surface area contributed by atoms with E-state index >= 15 is 0 Å². The van der Waals surface area contributed by atoms with E-state index in [1.54, 1.807) is 0 Å². The minimum Gasteiger partial charge on any atom is -0.436 e. The highest BCUT2D eigenvalue weighted by atomic mass is 16.3. The van der Waals surface area contributed by atoms with Crippen LogP contribution in [0.3, 0.4) is 0 Å². The van der Waals surface area contributed by atoms with E-state index in [1.807, 2.05) is 66.7 Å². The minimum absolute atomic E-state index is 0.575. The number of hydrogen-bond donors (Lipinski definition) is 0. The number of oxazole rings is 1. The molecule has 40 heavy (non-hydrogen) atoms. The van der Waals surface area contributed by atoms with E-state index in [0.29, 0.717) is 11.7 Å². The van der Waals surface area contributed by atoms with E-state index in [9.17, 15) is 0 Å². The molecule has 0 atom stereocenters. The molecule has 3 aromatic heterocycles. The van der Waals surface area contributed by atoms with Crippen molar-refractivity contribution in [2.75, 3.05) is 0 Å². The molecule has 0 spiro atoms. The molecule has 0 aliphatic heterocycles. The van der Waals surface area contributed by atoms with Gasteiger partial charge in [-0.15, -0.1) is 0 Å². The van der Waals surface area contributed by atoms with Gasteiger partial charge >= 0.3 is 0 Å². The maximum absolute atomic E-state index is 6.07. The predicted octanol–water partition coefficient (Wildman–Crippen LogP) is 8.72. The van der Waals surface area contributed by atoms with Gasteiger partial charge in [0.05, 0.1) is 16.6 Å². The van der Waals surface area contributed by atoms with Crippen molar-refractivity contribution in [1.82, 2.24) is 19.5 Å². The van der Waals surface area contributed by atoms with Crippen LogP contribution in [0.15, 0.2) is 138 Å². The second-order valence-corrected chi connectivity index (χ2v) is 9.72. The van der Waals surface area contributed by atoms with Crippen molar-refractivity contribution in [3.05, 3.63) is 133 Å². The first kappa shape index (κ1) is 22.4. The number of benzene rings is 5. The predicted molar refractivity (Wildman–Crippen MR) is 160 cm³/mol. The number of para-hydroxylation sites is 4. The summed E-state index contributed by atoms with van der Waals surface area (Å²) in [5, 5.41) is 2.15. The van der Waals surface area contributed by atoms with Crippen LogP contribution in [0.25, 0.3) is 72.8 Å². The fourth-order valence-electron chi connectivity index (χ4n) is 5.41. The molecule has 0 amide bonds. The third-order valence-corrected chi connectivity index (χ3v) is 7.24. The molecule has 0 bridgehead atoms. The molecule has 0 fully saturated rings. The summed E-state index contributed by atoms with van der Waals surface area (Å²) in [6, 6.07) is 45.1. The molecule has 0 aliphatic carbocycles. The van der Waals surface area contributed by atoms with E-state index in [4.69, 9.17) is 19.4 Å². The lowest BCUT2D eigenvalue weighted by atomic mass is 10.1. The van der Waals surface area contributed by atoms with Crippen LogP contribution in [-0.4, -0.2) is 19.5 Å². The summed E-state index contributed by atoms with van der Waals surface area (Å²) >= 11 is 0. The largest absolute Gasteiger partial charge is 0.436 e. The Hall–Kier alpha value is -5.55. The van der Waals surface area contributed by atoms with Crippen LogP contribution in [-0.2, 0) is 0 Å². The van der Waals surface area contributed by atoms with Gasteiger partial charge in [0.2, 0.25) is 5.89 Å². The lowest BCUT2D eigenvalue weighted by molar-refractivity contribution is 0.620. The Kier molecular flexibility index (Phi) is 5.07. The molecule has 0 aliphatic rings. The maximum atomic E-state index is 6.07. The van der Waals surface area contributed by atoms with Crippen LogP contribution in [0.1, 0.15) is 0 Å². The van der Waals surface area contributed by atoms with Crippen molar-refractivity contribution in [3.63, 3.8) is 0 Å². The lowest BCUT2D eigenvalue weighted by Gasteiger charge is -2.10. The minimum atomic E-state index is 0.575. The molecule has 3 heterocycles. The number of aromatic nitrogens is 4. The van der Waals surface area contributed by atoms with Gasteiger partial charge in [0, 0.05) is 27.8 Å². The normalized spacial score (nSPS) is 11.5. The van der Waals surface area contributed by atoms with Gasteiger partial charge in [-0.1, -0.05) is 91.0 Å². The van der Waals surface area contributed by atoms with Gasteiger partial charge < -0.3 is 4.42 Å². The summed E-state index contributed by atoms with van der Waals surface area (Å²) in [7, 11) is 0. The van der Waals surface area contributed by atoms with E-state index in [-0.39, 0.29) is 0 Å². The molecule has 0 N–H and O–H groups in total. The van der Waals surface area contributed by atoms with Crippen molar-refractivity contribution in [2.45, 2.75) is 0 Å². The first-order valence-electron chi connectivity index (χ1n) is 13.2. The molecule has 0 radical (unpaired) electrons. The van der Waals surface area contributed by atoms with Crippen LogP contribution in [0.4, 0.5) is 0 Å². The van der Waals surface area contributed by atoms with E-state index in [1.165, 1.54) is 0 Å². The fraction of sp³-hybridized carbons (Fsp3) is 0. The number of nitrogens with zero attached hydrogens (tertiary/aromatic N) is 4. The van der Waals surface area contributed by atoms with Gasteiger partial charge in [0.1, 0.15) is 11.2 Å². The third kappa shape index (κ3) is 3.60. The molecular weight excluding hydrogens is 492 g/mol. The van der Waals surface area contributed by atoms with Crippen molar-refractivity contribution >= 4 is 33.0 Å². The molecule has 5 aromatic carbocycles. The molecule has 0 unspecified atom stereocenters. The Balaban J connectivity index is 1.42. The molecule has 188 valence electrons. The van der Waals surface area contributed by atoms with Crippen molar-refractivity contribution in [3.8, 4) is 39.8 Å². The quantitative estimate of drug-likeness (QED) is 0.236. The summed E-state index contributed by atoms with van der Waals surface area (Å²) in [6.45, 7) is 0. The topological polar surface area (TPSA) is 56.7 Å². The maximum Gasteiger partial charge on any atom is 0.227 e. The van der Waals surface area contributed by atoms with Crippen LogP contribution in [0.5, 0.6) is 0 Å². The Morgan fingerprint density at radius 2 is 1.25 bits per heavy atom. The van der Waals surface area contributed by atoms with Crippen LogP contribution in [0, 0.1) is 0 Å². The van der Waals surface area contributed by atoms with Gasteiger partial charge in [-0.25, -0.2) is 15.0 Å². The zero-order chi connectivity index (χ0) is 26.5.